The number of pyridine rings is 1. The van der Waals surface area contributed by atoms with Crippen LogP contribution >= 0.6 is 0 Å². The predicted molar refractivity (Wildman–Crippen MR) is 137 cm³/mol. The highest BCUT2D eigenvalue weighted by Crippen LogP contribution is 2.27. The van der Waals surface area contributed by atoms with Gasteiger partial charge in [0.05, 0.1) is 18.0 Å². The SMILES string of the molecule is CCOC(=O)CCc1cccc(-n2nc(C(C)(C)C)cc2NC(=O)c2cc3ccccc3cn2)c1. The third-order valence-corrected chi connectivity index (χ3v) is 5.66. The van der Waals surface area contributed by atoms with Crippen LogP contribution in [0.4, 0.5) is 5.82 Å². The molecule has 0 spiro atoms. The zero-order valence-electron chi connectivity index (χ0n) is 20.5. The Bertz CT molecular complexity index is 1370. The number of esters is 1. The van der Waals surface area contributed by atoms with Crippen molar-refractivity contribution in [2.24, 2.45) is 0 Å². The monoisotopic (exact) mass is 470 g/mol. The quantitative estimate of drug-likeness (QED) is 0.362. The van der Waals surface area contributed by atoms with Crippen LogP contribution in [0.15, 0.2) is 66.9 Å². The van der Waals surface area contributed by atoms with Gasteiger partial charge in [-0.3, -0.25) is 14.6 Å². The normalized spacial score (nSPS) is 11.4. The second-order valence-electron chi connectivity index (χ2n) is 9.42. The maximum Gasteiger partial charge on any atom is 0.306 e. The molecule has 2 aromatic carbocycles. The Hall–Kier alpha value is -4.00. The van der Waals surface area contributed by atoms with E-state index >= 15 is 0 Å². The summed E-state index contributed by atoms with van der Waals surface area (Å²) >= 11 is 0. The largest absolute Gasteiger partial charge is 0.466 e. The van der Waals surface area contributed by atoms with Crippen LogP contribution in [0.2, 0.25) is 0 Å². The number of aromatic nitrogens is 3. The number of nitrogens with one attached hydrogen (secondary N) is 1. The Kier molecular flexibility index (Phi) is 6.96. The van der Waals surface area contributed by atoms with Gasteiger partial charge in [0.2, 0.25) is 0 Å². The van der Waals surface area contributed by atoms with Gasteiger partial charge < -0.3 is 10.1 Å². The minimum atomic E-state index is -0.309. The molecule has 0 bridgehead atoms. The fourth-order valence-electron chi connectivity index (χ4n) is 3.74. The molecule has 4 rings (SSSR count). The maximum absolute atomic E-state index is 13.1. The van der Waals surface area contributed by atoms with E-state index in [4.69, 9.17) is 9.84 Å². The molecule has 7 nitrogen and oxygen atoms in total. The molecule has 0 saturated heterocycles. The molecule has 2 aromatic heterocycles. The molecule has 2 heterocycles. The third kappa shape index (κ3) is 5.74. The van der Waals surface area contributed by atoms with E-state index in [2.05, 4.69) is 31.1 Å². The van der Waals surface area contributed by atoms with E-state index in [0.717, 1.165) is 27.7 Å². The van der Waals surface area contributed by atoms with E-state index < -0.39 is 0 Å². The van der Waals surface area contributed by atoms with Crippen molar-refractivity contribution in [1.29, 1.82) is 0 Å². The first-order valence-electron chi connectivity index (χ1n) is 11.8. The lowest BCUT2D eigenvalue weighted by molar-refractivity contribution is -0.143. The van der Waals surface area contributed by atoms with Gasteiger partial charge in [-0.25, -0.2) is 4.68 Å². The Labute approximate surface area is 205 Å². The smallest absolute Gasteiger partial charge is 0.306 e. The summed E-state index contributed by atoms with van der Waals surface area (Å²) < 4.78 is 6.77. The first kappa shape index (κ1) is 24.1. The van der Waals surface area contributed by atoms with Gasteiger partial charge in [-0.2, -0.15) is 5.10 Å². The number of nitrogens with zero attached hydrogens (tertiary/aromatic N) is 3. The van der Waals surface area contributed by atoms with Gasteiger partial charge >= 0.3 is 5.97 Å². The minimum Gasteiger partial charge on any atom is -0.466 e. The van der Waals surface area contributed by atoms with Gasteiger partial charge in [-0.1, -0.05) is 57.2 Å². The molecule has 35 heavy (non-hydrogen) atoms. The van der Waals surface area contributed by atoms with Crippen molar-refractivity contribution in [2.75, 3.05) is 11.9 Å². The summed E-state index contributed by atoms with van der Waals surface area (Å²) in [6.07, 6.45) is 2.57. The molecule has 0 atom stereocenters. The van der Waals surface area contributed by atoms with E-state index in [0.29, 0.717) is 31.0 Å². The van der Waals surface area contributed by atoms with Crippen LogP contribution in [0.25, 0.3) is 16.5 Å². The zero-order chi connectivity index (χ0) is 25.0. The molecule has 0 radical (unpaired) electrons. The molecule has 0 aliphatic heterocycles. The van der Waals surface area contributed by atoms with Crippen LogP contribution in [0.1, 0.15) is 55.9 Å². The zero-order valence-corrected chi connectivity index (χ0v) is 20.5. The van der Waals surface area contributed by atoms with Gasteiger partial charge in [0.1, 0.15) is 11.5 Å². The second kappa shape index (κ2) is 10.1. The highest BCUT2D eigenvalue weighted by Gasteiger charge is 2.22. The van der Waals surface area contributed by atoms with E-state index in [1.165, 1.54) is 0 Å². The first-order valence-corrected chi connectivity index (χ1v) is 11.8. The summed E-state index contributed by atoms with van der Waals surface area (Å²) in [5, 5.41) is 9.72. The van der Waals surface area contributed by atoms with E-state index in [-0.39, 0.29) is 17.3 Å². The van der Waals surface area contributed by atoms with Gasteiger partial charge in [0.15, 0.2) is 0 Å². The molecular weight excluding hydrogens is 440 g/mol. The molecule has 0 fully saturated rings. The maximum atomic E-state index is 13.1. The number of carbonyl (C=O) groups is 2. The second-order valence-corrected chi connectivity index (χ2v) is 9.42. The molecule has 0 aliphatic carbocycles. The summed E-state index contributed by atoms with van der Waals surface area (Å²) in [6, 6.07) is 19.3. The van der Waals surface area contributed by atoms with Crippen LogP contribution in [-0.2, 0) is 21.4 Å². The van der Waals surface area contributed by atoms with Gasteiger partial charge in [0.25, 0.3) is 5.91 Å². The van der Waals surface area contributed by atoms with Crippen molar-refractivity contribution in [3.05, 3.63) is 83.8 Å². The van der Waals surface area contributed by atoms with Gasteiger partial charge in [-0.15, -0.1) is 0 Å². The van der Waals surface area contributed by atoms with Crippen LogP contribution in [-0.4, -0.2) is 33.2 Å². The predicted octanol–water partition coefficient (Wildman–Crippen LogP) is 5.47. The molecule has 180 valence electrons. The topological polar surface area (TPSA) is 86.1 Å². The number of benzene rings is 2. The molecular formula is C28H30N4O3. The first-order chi connectivity index (χ1) is 16.7. The molecule has 1 N–H and O–H groups in total. The summed E-state index contributed by atoms with van der Waals surface area (Å²) in [5.41, 5.74) is 2.74. The minimum absolute atomic E-state index is 0.215. The van der Waals surface area contributed by atoms with Crippen LogP contribution in [0.3, 0.4) is 0 Å². The summed E-state index contributed by atoms with van der Waals surface area (Å²) in [4.78, 5) is 29.3. The number of carbonyl (C=O) groups excluding carboxylic acids is 2. The average molecular weight is 471 g/mol. The number of aryl methyl sites for hydroxylation is 1. The number of hydrogen-bond acceptors (Lipinski definition) is 5. The Morgan fingerprint density at radius 2 is 1.77 bits per heavy atom. The number of fused-ring (bicyclic) bond motifs is 1. The van der Waals surface area contributed by atoms with Gasteiger partial charge in [-0.05, 0) is 42.5 Å². The molecule has 0 aliphatic rings. The van der Waals surface area contributed by atoms with Crippen LogP contribution < -0.4 is 5.32 Å². The summed E-state index contributed by atoms with van der Waals surface area (Å²) in [7, 11) is 0. The van der Waals surface area contributed by atoms with Crippen molar-refractivity contribution in [1.82, 2.24) is 14.8 Å². The third-order valence-electron chi connectivity index (χ3n) is 5.66. The standard InChI is InChI=1S/C28H30N4O3/c1-5-35-26(33)14-13-19-9-8-12-22(15-19)32-25(17-24(31-32)28(2,3)4)30-27(34)23-16-20-10-6-7-11-21(20)18-29-23/h6-12,15-18H,5,13-14H2,1-4H3,(H,30,34). The van der Waals surface area contributed by atoms with Crippen molar-refractivity contribution < 1.29 is 14.3 Å². The number of rotatable bonds is 7. The molecule has 4 aromatic rings. The van der Waals surface area contributed by atoms with Crippen molar-refractivity contribution in [2.45, 2.75) is 46.0 Å². The molecule has 0 saturated carbocycles. The Balaban J connectivity index is 1.64. The van der Waals surface area contributed by atoms with Crippen molar-refractivity contribution in [3.63, 3.8) is 0 Å². The fourth-order valence-corrected chi connectivity index (χ4v) is 3.74. The lowest BCUT2D eigenvalue weighted by Gasteiger charge is -2.14. The number of anilines is 1. The number of hydrogen-bond donors (Lipinski definition) is 1. The van der Waals surface area contributed by atoms with E-state index in [1.54, 1.807) is 23.9 Å². The van der Waals surface area contributed by atoms with E-state index in [9.17, 15) is 9.59 Å². The van der Waals surface area contributed by atoms with Crippen molar-refractivity contribution >= 4 is 28.5 Å². The molecule has 1 amide bonds. The lowest BCUT2D eigenvalue weighted by Crippen LogP contribution is -2.16. The Morgan fingerprint density at radius 3 is 2.51 bits per heavy atom. The van der Waals surface area contributed by atoms with Gasteiger partial charge in [0, 0.05) is 29.5 Å². The number of ether oxygens (including phenoxy) is 1. The van der Waals surface area contributed by atoms with Crippen LogP contribution in [0.5, 0.6) is 0 Å². The Morgan fingerprint density at radius 1 is 1.00 bits per heavy atom. The number of amides is 1. The van der Waals surface area contributed by atoms with Crippen molar-refractivity contribution in [3.8, 4) is 5.69 Å². The average Bonchev–Trinajstić information content (AvgIpc) is 3.27. The summed E-state index contributed by atoms with van der Waals surface area (Å²) in [6.45, 7) is 8.40. The fraction of sp³-hybridized carbons (Fsp3) is 0.286. The summed E-state index contributed by atoms with van der Waals surface area (Å²) in [5.74, 6) is 0.0242. The van der Waals surface area contributed by atoms with E-state index in [1.807, 2.05) is 54.6 Å². The molecule has 7 heteroatoms. The van der Waals surface area contributed by atoms with Crippen LogP contribution in [0, 0.1) is 0 Å². The highest BCUT2D eigenvalue weighted by molar-refractivity contribution is 6.04. The lowest BCUT2D eigenvalue weighted by atomic mass is 9.92. The highest BCUT2D eigenvalue weighted by atomic mass is 16.5. The molecule has 0 unspecified atom stereocenters.